The summed E-state index contributed by atoms with van der Waals surface area (Å²) in [6, 6.07) is 6.93. The zero-order valence-electron chi connectivity index (χ0n) is 21.7. The first-order valence-electron chi connectivity index (χ1n) is 12.8. The maximum absolute atomic E-state index is 13.6. The molecule has 1 aliphatic heterocycles. The molecule has 5 rings (SSSR count). The molecule has 2 N–H and O–H groups in total. The van der Waals surface area contributed by atoms with Crippen molar-refractivity contribution in [1.29, 1.82) is 0 Å². The number of hydrogen-bond donors (Lipinski definition) is 2. The Morgan fingerprint density at radius 2 is 1.98 bits per heavy atom. The summed E-state index contributed by atoms with van der Waals surface area (Å²) in [4.78, 5) is 47.6. The van der Waals surface area contributed by atoms with Crippen molar-refractivity contribution in [3.63, 3.8) is 0 Å². The van der Waals surface area contributed by atoms with Crippen LogP contribution in [0.2, 0.25) is 5.02 Å². The van der Waals surface area contributed by atoms with Crippen LogP contribution in [-0.2, 0) is 19.1 Å². The minimum absolute atomic E-state index is 0.0414. The highest BCUT2D eigenvalue weighted by Crippen LogP contribution is 2.36. The molecule has 3 aromatic rings. The van der Waals surface area contributed by atoms with Crippen LogP contribution in [0, 0.1) is 11.7 Å². The van der Waals surface area contributed by atoms with Crippen molar-refractivity contribution in [3.05, 3.63) is 59.7 Å². The number of halogens is 2. The number of likely N-dealkylation sites (tertiary alicyclic amines) is 1. The maximum Gasteiger partial charge on any atom is 0.328 e. The number of ether oxygens (including phenoxy) is 2. The number of nitrogens with zero attached hydrogens (tertiary/aromatic N) is 3. The topological polar surface area (TPSA) is 123 Å². The van der Waals surface area contributed by atoms with Gasteiger partial charge in [-0.05, 0) is 55.9 Å². The Labute approximate surface area is 234 Å². The van der Waals surface area contributed by atoms with Gasteiger partial charge in [-0.3, -0.25) is 9.59 Å². The second-order valence-electron chi connectivity index (χ2n) is 9.63. The summed E-state index contributed by atoms with van der Waals surface area (Å²) >= 11 is 5.92. The zero-order chi connectivity index (χ0) is 28.2. The van der Waals surface area contributed by atoms with Crippen LogP contribution in [0.5, 0.6) is 5.75 Å². The number of hydrogen-bond acceptors (Lipinski definition) is 8. The van der Waals surface area contributed by atoms with Crippen molar-refractivity contribution < 1.29 is 28.2 Å². The standard InChI is InChI=1S/C28H27ClFN5O5/c1-39-28(38)23-3-2-10-35(23)26(37)9-8-25(36)34-22-12-18-21(13-24(22)40-14-16-4-5-16)31-15-32-27(18)33-17-6-7-20(30)19(29)11-17/h6-9,11-13,15-16,23H,2-5,10,14H2,1H3,(H,34,36)(H,31,32,33)/b9-8+/t23-/m0/s1. The molecule has 1 saturated carbocycles. The van der Waals surface area contributed by atoms with Gasteiger partial charge in [0, 0.05) is 35.8 Å². The zero-order valence-corrected chi connectivity index (χ0v) is 22.4. The van der Waals surface area contributed by atoms with E-state index in [0.29, 0.717) is 65.8 Å². The first-order chi connectivity index (χ1) is 19.3. The van der Waals surface area contributed by atoms with Crippen LogP contribution < -0.4 is 15.4 Å². The third-order valence-corrected chi connectivity index (χ3v) is 7.02. The molecule has 2 fully saturated rings. The Bertz CT molecular complexity index is 1500. The lowest BCUT2D eigenvalue weighted by Crippen LogP contribution is -2.40. The minimum atomic E-state index is -0.657. The average Bonchev–Trinajstić information content (AvgIpc) is 3.65. The Morgan fingerprint density at radius 1 is 1.15 bits per heavy atom. The molecule has 2 aromatic carbocycles. The van der Waals surface area contributed by atoms with Gasteiger partial charge in [-0.25, -0.2) is 19.2 Å². The first kappa shape index (κ1) is 27.3. The smallest absolute Gasteiger partial charge is 0.328 e. The molecule has 0 radical (unpaired) electrons. The van der Waals surface area contributed by atoms with E-state index in [1.165, 1.54) is 36.5 Å². The molecule has 1 atom stereocenters. The number of esters is 1. The highest BCUT2D eigenvalue weighted by Gasteiger charge is 2.33. The number of methoxy groups -OCH3 is 1. The van der Waals surface area contributed by atoms with Gasteiger partial charge in [0.1, 0.15) is 29.8 Å². The highest BCUT2D eigenvalue weighted by atomic mass is 35.5. The van der Waals surface area contributed by atoms with Crippen LogP contribution in [0.25, 0.3) is 10.9 Å². The lowest BCUT2D eigenvalue weighted by Gasteiger charge is -2.20. The molecule has 2 aliphatic rings. The molecule has 1 aromatic heterocycles. The van der Waals surface area contributed by atoms with E-state index in [-0.39, 0.29) is 5.02 Å². The van der Waals surface area contributed by atoms with Crippen molar-refractivity contribution in [3.8, 4) is 5.75 Å². The number of carbonyl (C=O) groups is 3. The Hall–Kier alpha value is -4.25. The van der Waals surface area contributed by atoms with E-state index >= 15 is 0 Å². The van der Waals surface area contributed by atoms with Gasteiger partial charge in [0.25, 0.3) is 0 Å². The summed E-state index contributed by atoms with van der Waals surface area (Å²) in [6.45, 7) is 0.903. The third-order valence-electron chi connectivity index (χ3n) is 6.73. The number of nitrogens with one attached hydrogen (secondary N) is 2. The van der Waals surface area contributed by atoms with Gasteiger partial charge < -0.3 is 25.0 Å². The Morgan fingerprint density at radius 3 is 2.73 bits per heavy atom. The normalized spacial score (nSPS) is 16.8. The molecule has 1 aliphatic carbocycles. The summed E-state index contributed by atoms with van der Waals surface area (Å²) in [7, 11) is 1.28. The Balaban J connectivity index is 1.39. The van der Waals surface area contributed by atoms with Gasteiger partial charge in [0.05, 0.1) is 29.9 Å². The van der Waals surface area contributed by atoms with Crippen molar-refractivity contribution >= 4 is 57.5 Å². The highest BCUT2D eigenvalue weighted by molar-refractivity contribution is 6.31. The number of benzene rings is 2. The number of anilines is 3. The molecule has 0 bridgehead atoms. The summed E-state index contributed by atoms with van der Waals surface area (Å²) < 4.78 is 24.4. The van der Waals surface area contributed by atoms with Crippen molar-refractivity contribution in [2.45, 2.75) is 31.7 Å². The van der Waals surface area contributed by atoms with E-state index in [1.807, 2.05) is 0 Å². The van der Waals surface area contributed by atoms with E-state index in [4.69, 9.17) is 21.1 Å². The molecular weight excluding hydrogens is 541 g/mol. The molecule has 40 heavy (non-hydrogen) atoms. The monoisotopic (exact) mass is 567 g/mol. The molecule has 1 saturated heterocycles. The third kappa shape index (κ3) is 6.31. The quantitative estimate of drug-likeness (QED) is 0.284. The summed E-state index contributed by atoms with van der Waals surface area (Å²) in [6.07, 6.45) is 6.99. The minimum Gasteiger partial charge on any atom is -0.491 e. The van der Waals surface area contributed by atoms with Gasteiger partial charge in [-0.15, -0.1) is 0 Å². The van der Waals surface area contributed by atoms with Crippen LogP contribution in [0.3, 0.4) is 0 Å². The van der Waals surface area contributed by atoms with Crippen LogP contribution in [-0.4, -0.2) is 59.0 Å². The molecule has 10 nitrogen and oxygen atoms in total. The fourth-order valence-corrected chi connectivity index (χ4v) is 4.61. The van der Waals surface area contributed by atoms with Crippen molar-refractivity contribution in [2.24, 2.45) is 5.92 Å². The molecular formula is C28H27ClFN5O5. The van der Waals surface area contributed by atoms with Crippen molar-refractivity contribution in [1.82, 2.24) is 14.9 Å². The van der Waals surface area contributed by atoms with Crippen LogP contribution >= 0.6 is 11.6 Å². The SMILES string of the molecule is COC(=O)[C@@H]1CCCN1C(=O)/C=C/C(=O)Nc1cc2c(Nc3ccc(F)c(Cl)c3)ncnc2cc1OCC1CC1. The van der Waals surface area contributed by atoms with Gasteiger partial charge in [-0.2, -0.15) is 0 Å². The molecule has 0 spiro atoms. The molecule has 12 heteroatoms. The molecule has 208 valence electrons. The second kappa shape index (κ2) is 11.9. The average molecular weight is 568 g/mol. The molecule has 2 heterocycles. The molecule has 2 amide bonds. The fraction of sp³-hybridized carbons (Fsp3) is 0.321. The van der Waals surface area contributed by atoms with E-state index < -0.39 is 29.6 Å². The molecule has 0 unspecified atom stereocenters. The first-order valence-corrected chi connectivity index (χ1v) is 13.2. The van der Waals surface area contributed by atoms with E-state index in [0.717, 1.165) is 25.0 Å². The van der Waals surface area contributed by atoms with Gasteiger partial charge >= 0.3 is 5.97 Å². The van der Waals surface area contributed by atoms with E-state index in [9.17, 15) is 18.8 Å². The van der Waals surface area contributed by atoms with E-state index in [1.54, 1.807) is 12.1 Å². The van der Waals surface area contributed by atoms with Crippen LogP contribution in [0.4, 0.5) is 21.6 Å². The maximum atomic E-state index is 13.6. The number of fused-ring (bicyclic) bond motifs is 1. The largest absolute Gasteiger partial charge is 0.491 e. The summed E-state index contributed by atoms with van der Waals surface area (Å²) in [5.41, 5.74) is 1.43. The number of carbonyl (C=O) groups excluding carboxylic acids is 3. The second-order valence-corrected chi connectivity index (χ2v) is 10.0. The van der Waals surface area contributed by atoms with Gasteiger partial charge in [0.2, 0.25) is 11.8 Å². The Kier molecular flexibility index (Phi) is 8.11. The number of aromatic nitrogens is 2. The van der Waals surface area contributed by atoms with Crippen molar-refractivity contribution in [2.75, 3.05) is 30.9 Å². The van der Waals surface area contributed by atoms with Crippen LogP contribution in [0.1, 0.15) is 25.7 Å². The summed E-state index contributed by atoms with van der Waals surface area (Å²) in [5.74, 6) is -0.742. The van der Waals surface area contributed by atoms with Gasteiger partial charge in [0.15, 0.2) is 0 Å². The summed E-state index contributed by atoms with van der Waals surface area (Å²) in [5, 5.41) is 6.41. The lowest BCUT2D eigenvalue weighted by molar-refractivity contribution is -0.149. The fourth-order valence-electron chi connectivity index (χ4n) is 4.43. The van der Waals surface area contributed by atoms with Crippen LogP contribution in [0.15, 0.2) is 48.8 Å². The lowest BCUT2D eigenvalue weighted by atomic mass is 10.1. The predicted octanol–water partition coefficient (Wildman–Crippen LogP) is 4.61. The van der Waals surface area contributed by atoms with E-state index in [2.05, 4.69) is 20.6 Å². The number of rotatable bonds is 9. The van der Waals surface area contributed by atoms with Gasteiger partial charge in [-0.1, -0.05) is 11.6 Å². The predicted molar refractivity (Wildman–Crippen MR) is 147 cm³/mol. The number of amides is 2.